The highest BCUT2D eigenvalue weighted by molar-refractivity contribution is 5.95. The maximum Gasteiger partial charge on any atom is 0.251 e. The van der Waals surface area contributed by atoms with Gasteiger partial charge in [-0.25, -0.2) is 0 Å². The van der Waals surface area contributed by atoms with Crippen LogP contribution in [-0.4, -0.2) is 45.7 Å². The lowest BCUT2D eigenvalue weighted by Crippen LogP contribution is -2.34. The first-order valence-electron chi connectivity index (χ1n) is 7.68. The molecule has 1 aromatic carbocycles. The minimum atomic E-state index is -0.190. The smallest absolute Gasteiger partial charge is 0.251 e. The van der Waals surface area contributed by atoms with Gasteiger partial charge in [-0.1, -0.05) is 0 Å². The highest BCUT2D eigenvalue weighted by Crippen LogP contribution is 2.29. The molecule has 1 N–H and O–H groups in total. The number of amides is 1. The molecule has 6 heteroatoms. The molecule has 24 heavy (non-hydrogen) atoms. The fourth-order valence-corrected chi connectivity index (χ4v) is 2.53. The molecule has 0 radical (unpaired) electrons. The number of nitrogens with one attached hydrogen (secondary N) is 1. The molecule has 2 rings (SSSR count). The van der Waals surface area contributed by atoms with Crippen LogP contribution in [0, 0.1) is 6.92 Å². The quantitative estimate of drug-likeness (QED) is 0.844. The summed E-state index contributed by atoms with van der Waals surface area (Å²) >= 11 is 0. The molecule has 0 aliphatic rings. The fraction of sp³-hybridized carbons (Fsp3) is 0.389. The van der Waals surface area contributed by atoms with E-state index in [1.54, 1.807) is 32.6 Å². The predicted molar refractivity (Wildman–Crippen MR) is 91.8 cm³/mol. The number of nitrogens with zero attached hydrogens (tertiary/aromatic N) is 1. The van der Waals surface area contributed by atoms with E-state index in [1.807, 2.05) is 38.1 Å². The van der Waals surface area contributed by atoms with Crippen molar-refractivity contribution in [3.8, 4) is 11.5 Å². The van der Waals surface area contributed by atoms with E-state index in [1.165, 1.54) is 0 Å². The number of rotatable bonds is 7. The van der Waals surface area contributed by atoms with Crippen molar-refractivity contribution in [3.63, 3.8) is 0 Å². The lowest BCUT2D eigenvalue weighted by atomic mass is 10.1. The summed E-state index contributed by atoms with van der Waals surface area (Å²) in [7, 11) is 7.03. The zero-order valence-corrected chi connectivity index (χ0v) is 14.8. The number of carbonyl (C=O) groups is 1. The van der Waals surface area contributed by atoms with Crippen LogP contribution < -0.4 is 14.8 Å². The summed E-state index contributed by atoms with van der Waals surface area (Å²) < 4.78 is 16.1. The van der Waals surface area contributed by atoms with Crippen molar-refractivity contribution in [2.24, 2.45) is 0 Å². The standard InChI is InChI=1S/C18H24N2O4/c1-12-16(22-4)9-13(10-17(12)23-5)18(21)19-11-14(20(2)3)15-7-6-8-24-15/h6-10,14H,11H2,1-5H3,(H,19,21). The van der Waals surface area contributed by atoms with Crippen molar-refractivity contribution in [3.05, 3.63) is 47.4 Å². The van der Waals surface area contributed by atoms with Crippen LogP contribution >= 0.6 is 0 Å². The lowest BCUT2D eigenvalue weighted by Gasteiger charge is -2.22. The van der Waals surface area contributed by atoms with Crippen molar-refractivity contribution in [2.45, 2.75) is 13.0 Å². The molecule has 6 nitrogen and oxygen atoms in total. The van der Waals surface area contributed by atoms with E-state index in [2.05, 4.69) is 5.32 Å². The molecule has 0 fully saturated rings. The van der Waals surface area contributed by atoms with Crippen LogP contribution in [0.25, 0.3) is 0 Å². The van der Waals surface area contributed by atoms with Crippen LogP contribution in [0.2, 0.25) is 0 Å². The first kappa shape index (κ1) is 17.9. The summed E-state index contributed by atoms with van der Waals surface area (Å²) in [4.78, 5) is 14.5. The molecule has 0 saturated carbocycles. The molecular weight excluding hydrogens is 308 g/mol. The number of carbonyl (C=O) groups excluding carboxylic acids is 1. The van der Waals surface area contributed by atoms with Gasteiger partial charge in [0.05, 0.1) is 26.5 Å². The molecule has 1 aromatic heterocycles. The SMILES string of the molecule is COc1cc(C(=O)NCC(c2ccco2)N(C)C)cc(OC)c1C. The third kappa shape index (κ3) is 3.89. The van der Waals surface area contributed by atoms with Gasteiger partial charge in [0.2, 0.25) is 0 Å². The van der Waals surface area contributed by atoms with Crippen LogP contribution in [0.3, 0.4) is 0 Å². The van der Waals surface area contributed by atoms with Gasteiger partial charge in [0.15, 0.2) is 0 Å². The second-order valence-electron chi connectivity index (χ2n) is 5.71. The van der Waals surface area contributed by atoms with Gasteiger partial charge in [0.25, 0.3) is 5.91 Å². The van der Waals surface area contributed by atoms with E-state index in [4.69, 9.17) is 13.9 Å². The minimum absolute atomic E-state index is 0.0433. The number of methoxy groups -OCH3 is 2. The molecule has 0 bridgehead atoms. The lowest BCUT2D eigenvalue weighted by molar-refractivity contribution is 0.0938. The monoisotopic (exact) mass is 332 g/mol. The van der Waals surface area contributed by atoms with Crippen LogP contribution in [0.5, 0.6) is 11.5 Å². The second-order valence-corrected chi connectivity index (χ2v) is 5.71. The van der Waals surface area contributed by atoms with Crippen LogP contribution in [0.1, 0.15) is 27.7 Å². The van der Waals surface area contributed by atoms with E-state index in [9.17, 15) is 4.79 Å². The summed E-state index contributed by atoms with van der Waals surface area (Å²) in [5.41, 5.74) is 1.35. The molecule has 1 heterocycles. The Labute approximate surface area is 142 Å². The van der Waals surface area contributed by atoms with Crippen molar-refractivity contribution in [1.29, 1.82) is 0 Å². The molecule has 0 aliphatic heterocycles. The first-order valence-corrected chi connectivity index (χ1v) is 7.68. The van der Waals surface area contributed by atoms with Crippen molar-refractivity contribution < 1.29 is 18.7 Å². The molecular formula is C18H24N2O4. The second kappa shape index (κ2) is 7.88. The summed E-state index contributed by atoms with van der Waals surface area (Å²) in [5.74, 6) is 1.86. The Kier molecular flexibility index (Phi) is 5.87. The fourth-order valence-electron chi connectivity index (χ4n) is 2.53. The summed E-state index contributed by atoms with van der Waals surface area (Å²) in [6, 6.07) is 7.12. The van der Waals surface area contributed by atoms with Crippen LogP contribution in [-0.2, 0) is 0 Å². The molecule has 1 unspecified atom stereocenters. The Bertz CT molecular complexity index is 655. The van der Waals surface area contributed by atoms with E-state index in [0.717, 1.165) is 11.3 Å². The largest absolute Gasteiger partial charge is 0.496 e. The van der Waals surface area contributed by atoms with Gasteiger partial charge in [-0.15, -0.1) is 0 Å². The molecule has 2 aromatic rings. The van der Waals surface area contributed by atoms with E-state index in [-0.39, 0.29) is 11.9 Å². The Morgan fingerprint density at radius 3 is 2.33 bits per heavy atom. The van der Waals surface area contributed by atoms with Gasteiger partial charge in [0, 0.05) is 17.7 Å². The summed E-state index contributed by atoms with van der Waals surface area (Å²) in [5, 5.41) is 2.94. The molecule has 0 saturated heterocycles. The van der Waals surface area contributed by atoms with Crippen molar-refractivity contribution in [2.75, 3.05) is 34.9 Å². The number of ether oxygens (including phenoxy) is 2. The van der Waals surface area contributed by atoms with Gasteiger partial charge in [0.1, 0.15) is 17.3 Å². The van der Waals surface area contributed by atoms with E-state index in [0.29, 0.717) is 23.6 Å². The van der Waals surface area contributed by atoms with Gasteiger partial charge in [-0.3, -0.25) is 9.69 Å². The molecule has 0 spiro atoms. The number of hydrogen-bond donors (Lipinski definition) is 1. The van der Waals surface area contributed by atoms with Gasteiger partial charge < -0.3 is 19.2 Å². The summed E-state index contributed by atoms with van der Waals surface area (Å²) in [6.45, 7) is 2.32. The van der Waals surface area contributed by atoms with E-state index >= 15 is 0 Å². The number of furan rings is 1. The molecule has 130 valence electrons. The Hall–Kier alpha value is -2.47. The average molecular weight is 332 g/mol. The number of benzene rings is 1. The Morgan fingerprint density at radius 1 is 1.25 bits per heavy atom. The van der Waals surface area contributed by atoms with E-state index < -0.39 is 0 Å². The first-order chi connectivity index (χ1) is 11.5. The van der Waals surface area contributed by atoms with Crippen molar-refractivity contribution >= 4 is 5.91 Å². The van der Waals surface area contributed by atoms with Crippen molar-refractivity contribution in [1.82, 2.24) is 10.2 Å². The van der Waals surface area contributed by atoms with Gasteiger partial charge in [-0.2, -0.15) is 0 Å². The minimum Gasteiger partial charge on any atom is -0.496 e. The Morgan fingerprint density at radius 2 is 1.88 bits per heavy atom. The molecule has 1 amide bonds. The molecule has 1 atom stereocenters. The highest BCUT2D eigenvalue weighted by Gasteiger charge is 2.19. The van der Waals surface area contributed by atoms with Crippen LogP contribution in [0.15, 0.2) is 34.9 Å². The summed E-state index contributed by atoms with van der Waals surface area (Å²) in [6.07, 6.45) is 1.63. The van der Waals surface area contributed by atoms with Crippen LogP contribution in [0.4, 0.5) is 0 Å². The Balaban J connectivity index is 2.14. The van der Waals surface area contributed by atoms with Gasteiger partial charge in [-0.05, 0) is 45.3 Å². The molecule has 0 aliphatic carbocycles. The maximum absolute atomic E-state index is 12.5. The predicted octanol–water partition coefficient (Wildman–Crippen LogP) is 2.64. The maximum atomic E-state index is 12.5. The highest BCUT2D eigenvalue weighted by atomic mass is 16.5. The third-order valence-corrected chi connectivity index (χ3v) is 3.97. The number of hydrogen-bond acceptors (Lipinski definition) is 5. The average Bonchev–Trinajstić information content (AvgIpc) is 3.08. The normalized spacial score (nSPS) is 12.1. The van der Waals surface area contributed by atoms with Gasteiger partial charge >= 0.3 is 0 Å². The third-order valence-electron chi connectivity index (χ3n) is 3.97. The number of likely N-dealkylation sites (N-methyl/N-ethyl adjacent to an activating group) is 1. The zero-order chi connectivity index (χ0) is 17.7. The zero-order valence-electron chi connectivity index (χ0n) is 14.8. The topological polar surface area (TPSA) is 63.9 Å².